The van der Waals surface area contributed by atoms with Gasteiger partial charge >= 0.3 is 0 Å². The Labute approximate surface area is 139 Å². The first-order valence-electron chi connectivity index (χ1n) is 8.51. The van der Waals surface area contributed by atoms with E-state index in [0.717, 1.165) is 13.0 Å². The van der Waals surface area contributed by atoms with Crippen molar-refractivity contribution in [2.45, 2.75) is 19.4 Å². The van der Waals surface area contributed by atoms with Gasteiger partial charge in [0.2, 0.25) is 0 Å². The maximum absolute atomic E-state index is 5.75. The Kier molecular flexibility index (Phi) is 15.0. The standard InChI is InChI=1S/C16H32O7/c1-2-3-17-8-10-21-14-16-15-22-11-9-19-5-4-18-6-7-20-12-13-23-16/h16H,2-15H2,1H3. The first kappa shape index (κ1) is 20.8. The molecular weight excluding hydrogens is 304 g/mol. The number of ether oxygens (including phenoxy) is 7. The summed E-state index contributed by atoms with van der Waals surface area (Å²) < 4.78 is 38.5. The lowest BCUT2D eigenvalue weighted by atomic mass is 10.4. The Morgan fingerprint density at radius 1 is 0.696 bits per heavy atom. The van der Waals surface area contributed by atoms with Gasteiger partial charge in [0.1, 0.15) is 6.10 Å². The van der Waals surface area contributed by atoms with Crippen LogP contribution in [0.1, 0.15) is 13.3 Å². The SMILES string of the molecule is CCCOCCOCC1COCCOCCOCCOCCO1. The van der Waals surface area contributed by atoms with E-state index in [0.29, 0.717) is 79.3 Å². The van der Waals surface area contributed by atoms with Gasteiger partial charge in [0.25, 0.3) is 0 Å². The summed E-state index contributed by atoms with van der Waals surface area (Å²) in [6.45, 7) is 9.43. The molecule has 0 aromatic rings. The molecule has 1 aliphatic heterocycles. The van der Waals surface area contributed by atoms with E-state index in [4.69, 9.17) is 33.2 Å². The molecule has 0 aromatic heterocycles. The number of hydrogen-bond acceptors (Lipinski definition) is 7. The van der Waals surface area contributed by atoms with E-state index in [2.05, 4.69) is 6.92 Å². The van der Waals surface area contributed by atoms with Crippen molar-refractivity contribution in [1.29, 1.82) is 0 Å². The highest BCUT2D eigenvalue weighted by atomic mass is 16.6. The first-order chi connectivity index (χ1) is 11.4. The normalized spacial score (nSPS) is 23.1. The van der Waals surface area contributed by atoms with Crippen LogP contribution in [-0.4, -0.2) is 92.0 Å². The minimum atomic E-state index is -0.105. The average molecular weight is 336 g/mol. The van der Waals surface area contributed by atoms with E-state index >= 15 is 0 Å². The van der Waals surface area contributed by atoms with Crippen LogP contribution in [0.2, 0.25) is 0 Å². The van der Waals surface area contributed by atoms with Gasteiger partial charge in [0, 0.05) is 6.61 Å². The predicted octanol–water partition coefficient (Wildman–Crippen LogP) is 0.895. The fourth-order valence-corrected chi connectivity index (χ4v) is 1.87. The lowest BCUT2D eigenvalue weighted by Gasteiger charge is -2.18. The molecule has 7 heteroatoms. The van der Waals surface area contributed by atoms with Crippen molar-refractivity contribution in [3.05, 3.63) is 0 Å². The molecule has 0 radical (unpaired) electrons. The van der Waals surface area contributed by atoms with Crippen molar-refractivity contribution in [3.8, 4) is 0 Å². The van der Waals surface area contributed by atoms with E-state index in [1.54, 1.807) is 0 Å². The molecular formula is C16H32O7. The molecule has 0 N–H and O–H groups in total. The molecule has 23 heavy (non-hydrogen) atoms. The molecule has 138 valence electrons. The number of hydrogen-bond donors (Lipinski definition) is 0. The molecule has 0 aliphatic carbocycles. The molecule has 1 aliphatic rings. The summed E-state index contributed by atoms with van der Waals surface area (Å²) in [6, 6.07) is 0. The van der Waals surface area contributed by atoms with Crippen molar-refractivity contribution in [2.24, 2.45) is 0 Å². The zero-order valence-electron chi connectivity index (χ0n) is 14.3. The van der Waals surface area contributed by atoms with Crippen molar-refractivity contribution >= 4 is 0 Å². The minimum absolute atomic E-state index is 0.105. The highest BCUT2D eigenvalue weighted by molar-refractivity contribution is 4.56. The van der Waals surface area contributed by atoms with Crippen LogP contribution in [0, 0.1) is 0 Å². The molecule has 0 amide bonds. The molecule has 1 rings (SSSR count). The van der Waals surface area contributed by atoms with Crippen LogP contribution in [0.25, 0.3) is 0 Å². The molecule has 0 spiro atoms. The molecule has 7 nitrogen and oxygen atoms in total. The van der Waals surface area contributed by atoms with Crippen LogP contribution in [0.5, 0.6) is 0 Å². The summed E-state index contributed by atoms with van der Waals surface area (Å²) in [7, 11) is 0. The molecule has 0 aromatic carbocycles. The summed E-state index contributed by atoms with van der Waals surface area (Å²) in [5.74, 6) is 0. The van der Waals surface area contributed by atoms with Gasteiger partial charge in [-0.2, -0.15) is 0 Å². The van der Waals surface area contributed by atoms with Gasteiger partial charge in [-0.15, -0.1) is 0 Å². The quantitative estimate of drug-likeness (QED) is 0.640. The second kappa shape index (κ2) is 16.6. The zero-order chi connectivity index (χ0) is 16.4. The lowest BCUT2D eigenvalue weighted by molar-refractivity contribution is -0.0823. The third-order valence-corrected chi connectivity index (χ3v) is 3.03. The van der Waals surface area contributed by atoms with Crippen molar-refractivity contribution < 1.29 is 33.2 Å². The van der Waals surface area contributed by atoms with Crippen LogP contribution in [0.3, 0.4) is 0 Å². The van der Waals surface area contributed by atoms with E-state index in [1.807, 2.05) is 0 Å². The van der Waals surface area contributed by atoms with Gasteiger partial charge in [-0.3, -0.25) is 0 Å². The summed E-state index contributed by atoms with van der Waals surface area (Å²) in [5.41, 5.74) is 0. The molecule has 1 fully saturated rings. The Bertz CT molecular complexity index is 224. The van der Waals surface area contributed by atoms with Crippen molar-refractivity contribution in [2.75, 3.05) is 85.9 Å². The van der Waals surface area contributed by atoms with E-state index in [9.17, 15) is 0 Å². The molecule has 1 saturated heterocycles. The minimum Gasteiger partial charge on any atom is -0.379 e. The van der Waals surface area contributed by atoms with E-state index in [-0.39, 0.29) is 6.10 Å². The molecule has 1 heterocycles. The predicted molar refractivity (Wildman–Crippen MR) is 84.9 cm³/mol. The molecule has 1 unspecified atom stereocenters. The van der Waals surface area contributed by atoms with Crippen LogP contribution in [0.4, 0.5) is 0 Å². The maximum Gasteiger partial charge on any atom is 0.104 e. The third-order valence-electron chi connectivity index (χ3n) is 3.03. The lowest BCUT2D eigenvalue weighted by Crippen LogP contribution is -2.28. The molecule has 1 atom stereocenters. The Morgan fingerprint density at radius 3 is 1.91 bits per heavy atom. The second-order valence-electron chi connectivity index (χ2n) is 5.09. The summed E-state index contributed by atoms with van der Waals surface area (Å²) in [6.07, 6.45) is 0.915. The molecule has 0 saturated carbocycles. The van der Waals surface area contributed by atoms with Crippen LogP contribution < -0.4 is 0 Å². The van der Waals surface area contributed by atoms with Crippen molar-refractivity contribution in [3.63, 3.8) is 0 Å². The highest BCUT2D eigenvalue weighted by Gasteiger charge is 2.10. The summed E-state index contributed by atoms with van der Waals surface area (Å²) >= 11 is 0. The topological polar surface area (TPSA) is 64.6 Å². The highest BCUT2D eigenvalue weighted by Crippen LogP contribution is 1.97. The fraction of sp³-hybridized carbons (Fsp3) is 1.00. The van der Waals surface area contributed by atoms with Crippen LogP contribution in [0.15, 0.2) is 0 Å². The fourth-order valence-electron chi connectivity index (χ4n) is 1.87. The Balaban J connectivity index is 2.15. The van der Waals surface area contributed by atoms with Crippen LogP contribution in [-0.2, 0) is 33.2 Å². The van der Waals surface area contributed by atoms with Gasteiger partial charge in [-0.25, -0.2) is 0 Å². The maximum atomic E-state index is 5.75. The van der Waals surface area contributed by atoms with Gasteiger partial charge < -0.3 is 33.2 Å². The average Bonchev–Trinajstić information content (AvgIpc) is 2.57. The summed E-state index contributed by atoms with van der Waals surface area (Å²) in [5, 5.41) is 0. The van der Waals surface area contributed by atoms with Gasteiger partial charge in [0.15, 0.2) is 0 Å². The largest absolute Gasteiger partial charge is 0.379 e. The van der Waals surface area contributed by atoms with Gasteiger partial charge in [-0.1, -0.05) is 6.92 Å². The molecule has 0 bridgehead atoms. The Morgan fingerprint density at radius 2 is 1.26 bits per heavy atom. The van der Waals surface area contributed by atoms with Gasteiger partial charge in [-0.05, 0) is 6.42 Å². The van der Waals surface area contributed by atoms with E-state index < -0.39 is 0 Å². The van der Waals surface area contributed by atoms with Crippen LogP contribution >= 0.6 is 0 Å². The third kappa shape index (κ3) is 13.8. The summed E-state index contributed by atoms with van der Waals surface area (Å²) in [4.78, 5) is 0. The Hall–Kier alpha value is -0.280. The number of rotatable bonds is 7. The first-order valence-corrected chi connectivity index (χ1v) is 8.51. The van der Waals surface area contributed by atoms with Gasteiger partial charge in [0.05, 0.1) is 79.3 Å². The smallest absolute Gasteiger partial charge is 0.104 e. The van der Waals surface area contributed by atoms with E-state index in [1.165, 1.54) is 0 Å². The zero-order valence-corrected chi connectivity index (χ0v) is 14.3. The second-order valence-corrected chi connectivity index (χ2v) is 5.09. The van der Waals surface area contributed by atoms with Crippen molar-refractivity contribution in [1.82, 2.24) is 0 Å². The monoisotopic (exact) mass is 336 g/mol.